The van der Waals surface area contributed by atoms with Gasteiger partial charge in [0.05, 0.1) is 12.7 Å². The lowest BCUT2D eigenvalue weighted by molar-refractivity contribution is 0.0824. The van der Waals surface area contributed by atoms with Crippen LogP contribution in [-0.4, -0.2) is 24.9 Å². The van der Waals surface area contributed by atoms with Crippen molar-refractivity contribution >= 4 is 0 Å². The molecule has 82 valence electrons. The number of methoxy groups -OCH3 is 1. The second-order valence-electron chi connectivity index (χ2n) is 3.83. The molecule has 0 unspecified atom stereocenters. The van der Waals surface area contributed by atoms with Crippen LogP contribution < -0.4 is 0 Å². The average molecular weight is 198 g/mol. The number of hydrogen-bond acceptors (Lipinski definition) is 2. The van der Waals surface area contributed by atoms with Gasteiger partial charge in [0.1, 0.15) is 0 Å². The van der Waals surface area contributed by atoms with Gasteiger partial charge in [0.25, 0.3) is 0 Å². The van der Waals surface area contributed by atoms with E-state index in [1.165, 1.54) is 0 Å². The number of aliphatic hydroxyl groups excluding tert-OH is 1. The Labute approximate surface area is 87.3 Å². The Morgan fingerprint density at radius 1 is 1.50 bits per heavy atom. The molecule has 0 aliphatic rings. The summed E-state index contributed by atoms with van der Waals surface area (Å²) in [4.78, 5) is 0. The van der Waals surface area contributed by atoms with E-state index in [0.717, 1.165) is 5.57 Å². The lowest BCUT2D eigenvalue weighted by Crippen LogP contribution is -2.23. The second kappa shape index (κ2) is 6.80. The summed E-state index contributed by atoms with van der Waals surface area (Å²) in [6.07, 6.45) is 3.98. The maximum Gasteiger partial charge on any atom is 0.0780 e. The molecule has 2 nitrogen and oxygen atoms in total. The van der Waals surface area contributed by atoms with E-state index in [-0.39, 0.29) is 12.7 Å². The summed E-state index contributed by atoms with van der Waals surface area (Å²) in [6.45, 7) is 10.0. The van der Waals surface area contributed by atoms with Crippen molar-refractivity contribution < 1.29 is 9.84 Å². The van der Waals surface area contributed by atoms with Crippen molar-refractivity contribution in [3.8, 4) is 0 Å². The lowest BCUT2D eigenvalue weighted by atomic mass is 9.89. The van der Waals surface area contributed by atoms with Crippen LogP contribution in [0.15, 0.2) is 24.3 Å². The number of allylic oxidation sites excluding steroid dienone is 1. The minimum Gasteiger partial charge on any atom is -0.392 e. The molecule has 1 N–H and O–H groups in total. The normalized spacial score (nSPS) is 18.8. The number of ether oxygens (including phenoxy) is 1. The van der Waals surface area contributed by atoms with Crippen molar-refractivity contribution in [2.24, 2.45) is 11.8 Å². The fourth-order valence-electron chi connectivity index (χ4n) is 1.48. The molecular formula is C12H22O2. The monoisotopic (exact) mass is 198 g/mol. The zero-order valence-electron chi connectivity index (χ0n) is 9.66. The minimum atomic E-state index is 0.0766. The van der Waals surface area contributed by atoms with E-state index in [2.05, 4.69) is 26.5 Å². The van der Waals surface area contributed by atoms with Gasteiger partial charge in [0.15, 0.2) is 0 Å². The molecule has 0 rings (SSSR count). The summed E-state index contributed by atoms with van der Waals surface area (Å²) < 4.78 is 5.29. The maximum absolute atomic E-state index is 8.90. The van der Waals surface area contributed by atoms with Gasteiger partial charge in [0, 0.05) is 7.11 Å². The first-order chi connectivity index (χ1) is 6.56. The fraction of sp³-hybridized carbons (Fsp3) is 0.667. The highest BCUT2D eigenvalue weighted by Crippen LogP contribution is 2.20. The molecule has 2 heteroatoms. The molecule has 0 saturated carbocycles. The predicted molar refractivity (Wildman–Crippen MR) is 60.2 cm³/mol. The van der Waals surface area contributed by atoms with E-state index in [4.69, 9.17) is 9.84 Å². The highest BCUT2D eigenvalue weighted by molar-refractivity contribution is 5.03. The minimum absolute atomic E-state index is 0.0766. The summed E-state index contributed by atoms with van der Waals surface area (Å²) in [6, 6.07) is 0. The molecule has 0 aromatic heterocycles. The van der Waals surface area contributed by atoms with Crippen LogP contribution in [0, 0.1) is 11.8 Å². The van der Waals surface area contributed by atoms with E-state index in [9.17, 15) is 0 Å². The van der Waals surface area contributed by atoms with Crippen LogP contribution in [0.3, 0.4) is 0 Å². The largest absolute Gasteiger partial charge is 0.392 e. The first kappa shape index (κ1) is 13.4. The molecule has 0 radical (unpaired) electrons. The van der Waals surface area contributed by atoms with Gasteiger partial charge in [-0.15, -0.1) is 6.58 Å². The molecule has 0 bridgehead atoms. The molecule has 3 atom stereocenters. The topological polar surface area (TPSA) is 29.5 Å². The van der Waals surface area contributed by atoms with Crippen LogP contribution in [0.25, 0.3) is 0 Å². The van der Waals surface area contributed by atoms with Gasteiger partial charge in [0.2, 0.25) is 0 Å². The average Bonchev–Trinajstić information content (AvgIpc) is 2.19. The van der Waals surface area contributed by atoms with E-state index in [1.54, 1.807) is 7.11 Å². The Morgan fingerprint density at radius 2 is 2.07 bits per heavy atom. The lowest BCUT2D eigenvalue weighted by Gasteiger charge is -2.23. The smallest absolute Gasteiger partial charge is 0.0780 e. The summed E-state index contributed by atoms with van der Waals surface area (Å²) in [5.74, 6) is 0.754. The van der Waals surface area contributed by atoms with Crippen molar-refractivity contribution in [1.29, 1.82) is 0 Å². The van der Waals surface area contributed by atoms with Gasteiger partial charge in [-0.05, 0) is 18.8 Å². The van der Waals surface area contributed by atoms with Crippen LogP contribution in [0.1, 0.15) is 20.8 Å². The van der Waals surface area contributed by atoms with Gasteiger partial charge in [-0.25, -0.2) is 0 Å². The molecule has 14 heavy (non-hydrogen) atoms. The number of rotatable bonds is 6. The molecule has 0 fully saturated rings. The fourth-order valence-corrected chi connectivity index (χ4v) is 1.48. The Morgan fingerprint density at radius 3 is 2.43 bits per heavy atom. The molecule has 0 aromatic carbocycles. The highest BCUT2D eigenvalue weighted by atomic mass is 16.5. The van der Waals surface area contributed by atoms with Gasteiger partial charge in [-0.3, -0.25) is 0 Å². The Balaban J connectivity index is 4.36. The van der Waals surface area contributed by atoms with Crippen LogP contribution in [-0.2, 0) is 4.74 Å². The highest BCUT2D eigenvalue weighted by Gasteiger charge is 2.18. The van der Waals surface area contributed by atoms with Gasteiger partial charge >= 0.3 is 0 Å². The van der Waals surface area contributed by atoms with Crippen molar-refractivity contribution in [3.63, 3.8) is 0 Å². The van der Waals surface area contributed by atoms with Crippen molar-refractivity contribution in [2.75, 3.05) is 13.7 Å². The van der Waals surface area contributed by atoms with Crippen molar-refractivity contribution in [2.45, 2.75) is 26.9 Å². The Kier molecular flexibility index (Phi) is 6.50. The summed E-state index contributed by atoms with van der Waals surface area (Å²) in [5.41, 5.74) is 1.00. The molecule has 0 aromatic rings. The van der Waals surface area contributed by atoms with Gasteiger partial charge in [-0.1, -0.05) is 31.6 Å². The van der Waals surface area contributed by atoms with E-state index in [1.807, 2.05) is 13.0 Å². The predicted octanol–water partition coefficient (Wildman–Crippen LogP) is 2.40. The van der Waals surface area contributed by atoms with E-state index >= 15 is 0 Å². The van der Waals surface area contributed by atoms with Gasteiger partial charge < -0.3 is 9.84 Å². The Bertz CT molecular complexity index is 196. The molecular weight excluding hydrogens is 176 g/mol. The number of aliphatic hydroxyl groups is 1. The maximum atomic E-state index is 8.90. The van der Waals surface area contributed by atoms with E-state index < -0.39 is 0 Å². The Hall–Kier alpha value is -0.600. The van der Waals surface area contributed by atoms with Crippen LogP contribution in [0.2, 0.25) is 0 Å². The molecule has 0 aliphatic carbocycles. The van der Waals surface area contributed by atoms with Crippen LogP contribution in [0.4, 0.5) is 0 Å². The zero-order chi connectivity index (χ0) is 11.1. The summed E-state index contributed by atoms with van der Waals surface area (Å²) in [7, 11) is 1.69. The van der Waals surface area contributed by atoms with E-state index in [0.29, 0.717) is 11.8 Å². The zero-order valence-corrected chi connectivity index (χ0v) is 9.66. The van der Waals surface area contributed by atoms with Crippen LogP contribution >= 0.6 is 0 Å². The quantitative estimate of drug-likeness (QED) is 0.664. The molecule has 0 saturated heterocycles. The molecule has 0 spiro atoms. The first-order valence-electron chi connectivity index (χ1n) is 5.00. The van der Waals surface area contributed by atoms with Crippen molar-refractivity contribution in [3.05, 3.63) is 24.3 Å². The summed E-state index contributed by atoms with van der Waals surface area (Å²) >= 11 is 0. The standard InChI is InChI=1S/C12H22O2/c1-6-12(14-5)11(4)10(3)7-9(2)8-13/h6-7,10-13H,1,8H2,2-5H3/t10-,11+,12+/m1/s1. The number of hydrogen-bond donors (Lipinski definition) is 1. The third-order valence-corrected chi connectivity index (χ3v) is 2.65. The molecule has 0 heterocycles. The first-order valence-corrected chi connectivity index (χ1v) is 5.00. The summed E-state index contributed by atoms with van der Waals surface area (Å²) in [5, 5.41) is 8.90. The van der Waals surface area contributed by atoms with Gasteiger partial charge in [-0.2, -0.15) is 0 Å². The molecule has 0 amide bonds. The molecule has 0 aliphatic heterocycles. The third-order valence-electron chi connectivity index (χ3n) is 2.65. The van der Waals surface area contributed by atoms with Crippen LogP contribution in [0.5, 0.6) is 0 Å². The third kappa shape index (κ3) is 4.07. The SMILES string of the molecule is C=C[C@H](OC)[C@@H](C)[C@H](C)C=C(C)CO. The van der Waals surface area contributed by atoms with Crippen molar-refractivity contribution in [1.82, 2.24) is 0 Å². The second-order valence-corrected chi connectivity index (χ2v) is 3.83.